The van der Waals surface area contributed by atoms with Crippen LogP contribution in [0.15, 0.2) is 0 Å². The molecule has 1 rings (SSSR count). The van der Waals surface area contributed by atoms with Crippen molar-refractivity contribution in [2.45, 2.75) is 39.2 Å². The van der Waals surface area contributed by atoms with Crippen molar-refractivity contribution in [3.63, 3.8) is 0 Å². The van der Waals surface area contributed by atoms with Crippen LogP contribution < -0.4 is 5.32 Å². The van der Waals surface area contributed by atoms with Gasteiger partial charge in [-0.25, -0.2) is 0 Å². The van der Waals surface area contributed by atoms with Crippen LogP contribution in [0.5, 0.6) is 0 Å². The molecule has 0 aromatic heterocycles. The molecule has 4 heteroatoms. The molecule has 0 aliphatic carbocycles. The zero-order chi connectivity index (χ0) is 11.1. The first-order chi connectivity index (χ1) is 7.29. The van der Waals surface area contributed by atoms with Crippen LogP contribution in [-0.4, -0.2) is 43.3 Å². The first-order valence-electron chi connectivity index (χ1n) is 5.89. The first-order valence-corrected chi connectivity index (χ1v) is 5.89. The molecule has 0 spiro atoms. The first kappa shape index (κ1) is 12.5. The molecule has 0 saturated carbocycles. The quantitative estimate of drug-likeness (QED) is 0.642. The van der Waals surface area contributed by atoms with Crippen molar-refractivity contribution in [2.24, 2.45) is 0 Å². The maximum absolute atomic E-state index is 11.7. The molecule has 1 aliphatic heterocycles. The topological polar surface area (TPSA) is 41.6 Å². The van der Waals surface area contributed by atoms with E-state index in [1.165, 1.54) is 0 Å². The smallest absolute Gasteiger partial charge is 0.240 e. The van der Waals surface area contributed by atoms with Crippen LogP contribution in [0.3, 0.4) is 0 Å². The van der Waals surface area contributed by atoms with Crippen molar-refractivity contribution < 1.29 is 9.53 Å². The van der Waals surface area contributed by atoms with E-state index in [4.69, 9.17) is 4.74 Å². The van der Waals surface area contributed by atoms with Crippen molar-refractivity contribution in [1.82, 2.24) is 10.2 Å². The van der Waals surface area contributed by atoms with Crippen molar-refractivity contribution in [3.05, 3.63) is 0 Å². The zero-order valence-corrected chi connectivity index (χ0v) is 9.79. The summed E-state index contributed by atoms with van der Waals surface area (Å²) < 4.78 is 5.43. The number of ether oxygens (including phenoxy) is 1. The molecule has 1 atom stereocenters. The Morgan fingerprint density at radius 1 is 1.47 bits per heavy atom. The van der Waals surface area contributed by atoms with Gasteiger partial charge in [-0.15, -0.1) is 0 Å². The Morgan fingerprint density at radius 3 is 2.87 bits per heavy atom. The summed E-state index contributed by atoms with van der Waals surface area (Å²) >= 11 is 0. The van der Waals surface area contributed by atoms with Gasteiger partial charge in [-0.2, -0.15) is 0 Å². The highest BCUT2D eigenvalue weighted by Gasteiger charge is 2.28. The predicted molar refractivity (Wildman–Crippen MR) is 59.5 cm³/mol. The lowest BCUT2D eigenvalue weighted by Gasteiger charge is -2.14. The molecule has 0 aromatic rings. The summed E-state index contributed by atoms with van der Waals surface area (Å²) in [7, 11) is 0. The molecule has 1 fully saturated rings. The number of rotatable bonds is 7. The van der Waals surface area contributed by atoms with Gasteiger partial charge in [0.15, 0.2) is 0 Å². The van der Waals surface area contributed by atoms with E-state index in [2.05, 4.69) is 12.2 Å². The molecule has 1 aliphatic rings. The van der Waals surface area contributed by atoms with Gasteiger partial charge in [0, 0.05) is 13.2 Å². The van der Waals surface area contributed by atoms with Gasteiger partial charge in [-0.05, 0) is 12.8 Å². The van der Waals surface area contributed by atoms with E-state index < -0.39 is 0 Å². The number of nitrogens with zero attached hydrogens (tertiary/aromatic N) is 1. The monoisotopic (exact) mass is 214 g/mol. The van der Waals surface area contributed by atoms with Gasteiger partial charge in [-0.3, -0.25) is 10.1 Å². The highest BCUT2D eigenvalue weighted by molar-refractivity contribution is 5.83. The molecule has 0 bridgehead atoms. The number of carbonyl (C=O) groups is 1. The van der Waals surface area contributed by atoms with Crippen molar-refractivity contribution in [2.75, 3.05) is 26.4 Å². The lowest BCUT2D eigenvalue weighted by atomic mass is 10.2. The van der Waals surface area contributed by atoms with E-state index in [1.54, 1.807) is 0 Å². The largest absolute Gasteiger partial charge is 0.380 e. The Hall–Kier alpha value is -0.610. The van der Waals surface area contributed by atoms with Gasteiger partial charge in [-0.1, -0.05) is 20.3 Å². The van der Waals surface area contributed by atoms with E-state index in [1.807, 2.05) is 11.8 Å². The fourth-order valence-corrected chi connectivity index (χ4v) is 1.64. The molecule has 1 heterocycles. The number of nitrogens with one attached hydrogen (secondary N) is 1. The average Bonchev–Trinajstić information content (AvgIpc) is 2.60. The van der Waals surface area contributed by atoms with Crippen LogP contribution in [0.4, 0.5) is 0 Å². The third-order valence-corrected chi connectivity index (χ3v) is 2.69. The summed E-state index contributed by atoms with van der Waals surface area (Å²) in [6, 6.07) is 0.0284. The van der Waals surface area contributed by atoms with Gasteiger partial charge < -0.3 is 9.64 Å². The normalized spacial score (nSPS) is 21.3. The summed E-state index contributed by atoms with van der Waals surface area (Å²) in [6.07, 6.45) is 3.12. The van der Waals surface area contributed by atoms with Gasteiger partial charge in [0.1, 0.15) is 0 Å². The molecular weight excluding hydrogens is 192 g/mol. The zero-order valence-electron chi connectivity index (χ0n) is 9.79. The van der Waals surface area contributed by atoms with Gasteiger partial charge in [0.25, 0.3) is 0 Å². The van der Waals surface area contributed by atoms with Gasteiger partial charge in [0.2, 0.25) is 5.91 Å². The molecule has 1 N–H and O–H groups in total. The third kappa shape index (κ3) is 3.80. The minimum absolute atomic E-state index is 0.0284. The highest BCUT2D eigenvalue weighted by atomic mass is 16.5. The van der Waals surface area contributed by atoms with E-state index in [0.717, 1.165) is 25.9 Å². The average molecular weight is 214 g/mol. The Kier molecular flexibility index (Phi) is 5.65. The molecule has 0 aromatic carbocycles. The van der Waals surface area contributed by atoms with Crippen LogP contribution in [0.2, 0.25) is 0 Å². The van der Waals surface area contributed by atoms with E-state index in [9.17, 15) is 4.79 Å². The Labute approximate surface area is 92.0 Å². The lowest BCUT2D eigenvalue weighted by Crippen LogP contribution is -2.32. The Morgan fingerprint density at radius 2 is 2.27 bits per heavy atom. The van der Waals surface area contributed by atoms with E-state index in [-0.39, 0.29) is 11.9 Å². The highest BCUT2D eigenvalue weighted by Crippen LogP contribution is 2.05. The van der Waals surface area contributed by atoms with Crippen LogP contribution in [-0.2, 0) is 9.53 Å². The maximum Gasteiger partial charge on any atom is 0.240 e. The van der Waals surface area contributed by atoms with E-state index >= 15 is 0 Å². The minimum Gasteiger partial charge on any atom is -0.380 e. The fraction of sp³-hybridized carbons (Fsp3) is 0.909. The summed E-state index contributed by atoms with van der Waals surface area (Å²) in [5.74, 6) is 0.219. The minimum atomic E-state index is 0.0284. The predicted octanol–water partition coefficient (Wildman–Crippen LogP) is 0.971. The van der Waals surface area contributed by atoms with Crippen molar-refractivity contribution >= 4 is 5.91 Å². The number of hydrogen-bond acceptors (Lipinski definition) is 3. The van der Waals surface area contributed by atoms with Gasteiger partial charge >= 0.3 is 0 Å². The summed E-state index contributed by atoms with van der Waals surface area (Å²) in [6.45, 7) is 7.02. The lowest BCUT2D eigenvalue weighted by molar-refractivity contribution is -0.129. The molecule has 1 amide bonds. The molecule has 0 radical (unpaired) electrons. The molecule has 1 unspecified atom stereocenters. The van der Waals surface area contributed by atoms with Crippen LogP contribution in [0, 0.1) is 0 Å². The molecular formula is C11H22N2O2. The molecule has 15 heavy (non-hydrogen) atoms. The SMILES string of the molecule is CCCCOCCN1CNC(CC)C1=O. The third-order valence-electron chi connectivity index (χ3n) is 2.69. The molecule has 4 nitrogen and oxygen atoms in total. The van der Waals surface area contributed by atoms with Crippen molar-refractivity contribution in [1.29, 1.82) is 0 Å². The van der Waals surface area contributed by atoms with Gasteiger partial charge in [0.05, 0.1) is 19.3 Å². The van der Waals surface area contributed by atoms with Crippen LogP contribution in [0.25, 0.3) is 0 Å². The summed E-state index contributed by atoms with van der Waals surface area (Å²) in [5, 5.41) is 3.18. The standard InChI is InChI=1S/C11H22N2O2/c1-3-5-7-15-8-6-13-9-12-10(4-2)11(13)14/h10,12H,3-9H2,1-2H3. The fourth-order valence-electron chi connectivity index (χ4n) is 1.64. The number of carbonyl (C=O) groups excluding carboxylic acids is 1. The van der Waals surface area contributed by atoms with Crippen LogP contribution >= 0.6 is 0 Å². The summed E-state index contributed by atoms with van der Waals surface area (Å²) in [4.78, 5) is 13.5. The van der Waals surface area contributed by atoms with Crippen molar-refractivity contribution in [3.8, 4) is 0 Å². The van der Waals surface area contributed by atoms with Crippen LogP contribution in [0.1, 0.15) is 33.1 Å². The second-order valence-corrected chi connectivity index (χ2v) is 3.89. The van der Waals surface area contributed by atoms with E-state index in [0.29, 0.717) is 19.8 Å². The Bertz CT molecular complexity index is 197. The second kappa shape index (κ2) is 6.80. The summed E-state index contributed by atoms with van der Waals surface area (Å²) in [5.41, 5.74) is 0. The molecule has 1 saturated heterocycles. The number of hydrogen-bond donors (Lipinski definition) is 1. The second-order valence-electron chi connectivity index (χ2n) is 3.89. The number of unbranched alkanes of at least 4 members (excludes halogenated alkanes) is 1. The molecule has 88 valence electrons. The Balaban J connectivity index is 2.09. The number of amides is 1. The maximum atomic E-state index is 11.7.